The molecule has 0 aliphatic carbocycles. The standard InChI is InChI=1S/C25H27N3OS/c1-17(19-9-4-3-5-10-19)28-25(29)18(2)26-16-22(24-13-8-14-30-24)21-15-27-23-12-7-6-11-20(21)23/h3-15,17-18,22,26-27H,16H2,1-2H3,(H,28,29). The zero-order chi connectivity index (χ0) is 20.9. The number of carbonyl (C=O) groups excluding carboxylic acids is 1. The van der Waals surface area contributed by atoms with Crippen LogP contribution in [0.25, 0.3) is 10.9 Å². The lowest BCUT2D eigenvalue weighted by atomic mass is 9.96. The number of benzene rings is 2. The van der Waals surface area contributed by atoms with Gasteiger partial charge in [0.25, 0.3) is 0 Å². The van der Waals surface area contributed by atoms with E-state index in [4.69, 9.17) is 0 Å². The summed E-state index contributed by atoms with van der Waals surface area (Å²) in [5, 5.41) is 9.91. The lowest BCUT2D eigenvalue weighted by molar-refractivity contribution is -0.123. The number of nitrogens with one attached hydrogen (secondary N) is 3. The first-order valence-electron chi connectivity index (χ1n) is 10.3. The summed E-state index contributed by atoms with van der Waals surface area (Å²) in [5.41, 5.74) is 3.50. The van der Waals surface area contributed by atoms with Crippen LogP contribution in [-0.2, 0) is 4.79 Å². The van der Waals surface area contributed by atoms with Crippen LogP contribution in [0, 0.1) is 0 Å². The quantitative estimate of drug-likeness (QED) is 0.368. The summed E-state index contributed by atoms with van der Waals surface area (Å²) in [6, 6.07) is 22.3. The Hall–Kier alpha value is -2.89. The van der Waals surface area contributed by atoms with E-state index in [0.29, 0.717) is 6.54 Å². The molecule has 3 atom stereocenters. The van der Waals surface area contributed by atoms with E-state index in [2.05, 4.69) is 57.5 Å². The summed E-state index contributed by atoms with van der Waals surface area (Å²) in [6.45, 7) is 4.63. The number of hydrogen-bond acceptors (Lipinski definition) is 3. The molecule has 0 spiro atoms. The van der Waals surface area contributed by atoms with Crippen LogP contribution in [0.15, 0.2) is 78.3 Å². The number of amides is 1. The van der Waals surface area contributed by atoms with Crippen molar-refractivity contribution in [2.24, 2.45) is 0 Å². The molecule has 0 radical (unpaired) electrons. The van der Waals surface area contributed by atoms with Gasteiger partial charge in [-0.1, -0.05) is 54.6 Å². The Morgan fingerprint density at radius 3 is 2.53 bits per heavy atom. The maximum Gasteiger partial charge on any atom is 0.237 e. The molecule has 4 nitrogen and oxygen atoms in total. The number of fused-ring (bicyclic) bond motifs is 1. The topological polar surface area (TPSA) is 56.9 Å². The minimum Gasteiger partial charge on any atom is -0.361 e. The maximum absolute atomic E-state index is 12.7. The van der Waals surface area contributed by atoms with Crippen molar-refractivity contribution in [2.45, 2.75) is 31.8 Å². The molecule has 2 aromatic carbocycles. The Bertz CT molecular complexity index is 1090. The van der Waals surface area contributed by atoms with E-state index in [0.717, 1.165) is 11.1 Å². The van der Waals surface area contributed by atoms with Crippen LogP contribution in [0.3, 0.4) is 0 Å². The zero-order valence-corrected chi connectivity index (χ0v) is 18.1. The zero-order valence-electron chi connectivity index (χ0n) is 17.3. The van der Waals surface area contributed by atoms with Gasteiger partial charge in [0.2, 0.25) is 5.91 Å². The third-order valence-corrected chi connectivity index (χ3v) is 6.55. The van der Waals surface area contributed by atoms with Crippen LogP contribution in [0.1, 0.15) is 41.8 Å². The van der Waals surface area contributed by atoms with Crippen molar-refractivity contribution in [1.82, 2.24) is 15.6 Å². The molecule has 30 heavy (non-hydrogen) atoms. The monoisotopic (exact) mass is 417 g/mol. The Morgan fingerprint density at radius 2 is 1.77 bits per heavy atom. The molecule has 0 aliphatic rings. The first-order valence-corrected chi connectivity index (χ1v) is 11.2. The highest BCUT2D eigenvalue weighted by molar-refractivity contribution is 7.10. The highest BCUT2D eigenvalue weighted by atomic mass is 32.1. The molecule has 0 aliphatic heterocycles. The maximum atomic E-state index is 12.7. The van der Waals surface area contributed by atoms with Gasteiger partial charge in [0.1, 0.15) is 0 Å². The molecule has 2 aromatic heterocycles. The van der Waals surface area contributed by atoms with Crippen molar-refractivity contribution in [2.75, 3.05) is 6.54 Å². The first kappa shape index (κ1) is 20.4. The second kappa shape index (κ2) is 9.28. The van der Waals surface area contributed by atoms with Crippen LogP contribution in [-0.4, -0.2) is 23.5 Å². The molecule has 4 aromatic rings. The van der Waals surface area contributed by atoms with E-state index in [1.807, 2.05) is 50.2 Å². The van der Waals surface area contributed by atoms with Crippen LogP contribution in [0.4, 0.5) is 0 Å². The summed E-state index contributed by atoms with van der Waals surface area (Å²) in [7, 11) is 0. The van der Waals surface area contributed by atoms with Crippen LogP contribution >= 0.6 is 11.3 Å². The fourth-order valence-corrected chi connectivity index (χ4v) is 4.63. The molecule has 154 valence electrons. The van der Waals surface area contributed by atoms with Gasteiger partial charge in [0.15, 0.2) is 0 Å². The van der Waals surface area contributed by atoms with Crippen molar-refractivity contribution in [1.29, 1.82) is 0 Å². The Kier molecular flexibility index (Phi) is 6.31. The number of rotatable bonds is 8. The summed E-state index contributed by atoms with van der Waals surface area (Å²) in [6.07, 6.45) is 2.10. The fraction of sp³-hybridized carbons (Fsp3) is 0.240. The van der Waals surface area contributed by atoms with Crippen molar-refractivity contribution in [3.8, 4) is 0 Å². The average Bonchev–Trinajstić information content (AvgIpc) is 3.45. The third kappa shape index (κ3) is 4.48. The average molecular weight is 418 g/mol. The van der Waals surface area contributed by atoms with E-state index in [9.17, 15) is 4.79 Å². The summed E-state index contributed by atoms with van der Waals surface area (Å²) < 4.78 is 0. The number of para-hydroxylation sites is 1. The van der Waals surface area contributed by atoms with Crippen molar-refractivity contribution in [3.63, 3.8) is 0 Å². The normalized spacial score (nSPS) is 14.3. The van der Waals surface area contributed by atoms with E-state index in [-0.39, 0.29) is 23.9 Å². The fourth-order valence-electron chi connectivity index (χ4n) is 3.79. The molecule has 4 rings (SSSR count). The molecular formula is C25H27N3OS. The highest BCUT2D eigenvalue weighted by Crippen LogP contribution is 2.32. The van der Waals surface area contributed by atoms with Gasteiger partial charge in [0, 0.05) is 34.4 Å². The molecule has 1 amide bonds. The van der Waals surface area contributed by atoms with E-state index in [1.165, 1.54) is 15.8 Å². The molecular weight excluding hydrogens is 390 g/mol. The summed E-state index contributed by atoms with van der Waals surface area (Å²) >= 11 is 1.75. The predicted molar refractivity (Wildman–Crippen MR) is 125 cm³/mol. The first-order chi connectivity index (χ1) is 14.6. The number of thiophene rings is 1. The second-order valence-electron chi connectivity index (χ2n) is 7.63. The van der Waals surface area contributed by atoms with Gasteiger partial charge in [-0.3, -0.25) is 4.79 Å². The van der Waals surface area contributed by atoms with E-state index >= 15 is 0 Å². The summed E-state index contributed by atoms with van der Waals surface area (Å²) in [4.78, 5) is 17.4. The molecule has 0 bridgehead atoms. The number of aromatic amines is 1. The van der Waals surface area contributed by atoms with Crippen molar-refractivity contribution in [3.05, 3.63) is 94.3 Å². The third-order valence-electron chi connectivity index (χ3n) is 5.56. The number of carbonyl (C=O) groups is 1. The lowest BCUT2D eigenvalue weighted by Gasteiger charge is -2.22. The van der Waals surface area contributed by atoms with Gasteiger partial charge in [-0.25, -0.2) is 0 Å². The molecule has 0 fully saturated rings. The van der Waals surface area contributed by atoms with Gasteiger partial charge in [0.05, 0.1) is 12.1 Å². The molecule has 2 heterocycles. The molecule has 3 unspecified atom stereocenters. The molecule has 0 saturated carbocycles. The van der Waals surface area contributed by atoms with Crippen LogP contribution < -0.4 is 10.6 Å². The molecule has 5 heteroatoms. The van der Waals surface area contributed by atoms with E-state index < -0.39 is 0 Å². The molecule has 3 N–H and O–H groups in total. The van der Waals surface area contributed by atoms with Gasteiger partial charge in [-0.15, -0.1) is 11.3 Å². The van der Waals surface area contributed by atoms with Gasteiger partial charge in [-0.2, -0.15) is 0 Å². The number of H-pyrrole nitrogens is 1. The van der Waals surface area contributed by atoms with Crippen molar-refractivity contribution >= 4 is 28.1 Å². The highest BCUT2D eigenvalue weighted by Gasteiger charge is 2.22. The summed E-state index contributed by atoms with van der Waals surface area (Å²) in [5.74, 6) is 0.193. The Labute approximate surface area is 181 Å². The number of hydrogen-bond donors (Lipinski definition) is 3. The minimum atomic E-state index is -0.288. The molecule has 0 saturated heterocycles. The predicted octanol–water partition coefficient (Wildman–Crippen LogP) is 5.22. The van der Waals surface area contributed by atoms with Crippen LogP contribution in [0.5, 0.6) is 0 Å². The minimum absolute atomic E-state index is 0.00945. The lowest BCUT2D eigenvalue weighted by Crippen LogP contribution is -2.44. The number of aromatic nitrogens is 1. The Morgan fingerprint density at radius 1 is 1.00 bits per heavy atom. The van der Waals surface area contributed by atoms with Crippen LogP contribution in [0.2, 0.25) is 0 Å². The second-order valence-corrected chi connectivity index (χ2v) is 8.61. The van der Waals surface area contributed by atoms with Gasteiger partial charge >= 0.3 is 0 Å². The Balaban J connectivity index is 1.46. The van der Waals surface area contributed by atoms with Crippen molar-refractivity contribution < 1.29 is 4.79 Å². The largest absolute Gasteiger partial charge is 0.361 e. The van der Waals surface area contributed by atoms with Gasteiger partial charge < -0.3 is 15.6 Å². The van der Waals surface area contributed by atoms with E-state index in [1.54, 1.807) is 11.3 Å². The van der Waals surface area contributed by atoms with Gasteiger partial charge in [-0.05, 0) is 42.5 Å². The smallest absolute Gasteiger partial charge is 0.237 e. The SMILES string of the molecule is CC(NCC(c1cccs1)c1c[nH]c2ccccc12)C(=O)NC(C)c1ccccc1.